The first-order valence-electron chi connectivity index (χ1n) is 6.27. The lowest BCUT2D eigenvalue weighted by Gasteiger charge is -2.09. The zero-order chi connectivity index (χ0) is 13.1. The van der Waals surface area contributed by atoms with Crippen molar-refractivity contribution in [1.29, 1.82) is 0 Å². The monoisotopic (exact) mass is 250 g/mol. The Bertz CT molecular complexity index is 448. The second-order valence-corrected chi connectivity index (χ2v) is 4.73. The summed E-state index contributed by atoms with van der Waals surface area (Å²) in [5.41, 5.74) is 0.894. The van der Waals surface area contributed by atoms with Gasteiger partial charge in [-0.25, -0.2) is 0 Å². The average Bonchev–Trinajstić information content (AvgIpc) is 3.03. The van der Waals surface area contributed by atoms with E-state index in [1.54, 1.807) is 12.1 Å². The van der Waals surface area contributed by atoms with E-state index in [1.807, 2.05) is 6.92 Å². The van der Waals surface area contributed by atoms with Crippen LogP contribution in [0.5, 0.6) is 5.75 Å². The van der Waals surface area contributed by atoms with Gasteiger partial charge >= 0.3 is 5.69 Å². The van der Waals surface area contributed by atoms with E-state index in [9.17, 15) is 10.1 Å². The molecule has 2 unspecified atom stereocenters. The van der Waals surface area contributed by atoms with Crippen LogP contribution in [0.4, 0.5) is 11.4 Å². The fourth-order valence-electron chi connectivity index (χ4n) is 1.98. The smallest absolute Gasteiger partial charge is 0.311 e. The molecular formula is C13H18N2O3. The molecule has 0 aromatic heterocycles. The summed E-state index contributed by atoms with van der Waals surface area (Å²) >= 11 is 0. The Kier molecular flexibility index (Phi) is 3.69. The summed E-state index contributed by atoms with van der Waals surface area (Å²) in [6, 6.07) is 4.92. The van der Waals surface area contributed by atoms with Gasteiger partial charge in [-0.2, -0.15) is 0 Å². The Morgan fingerprint density at radius 1 is 1.56 bits per heavy atom. The van der Waals surface area contributed by atoms with Crippen LogP contribution in [0.25, 0.3) is 0 Å². The van der Waals surface area contributed by atoms with Crippen LogP contribution in [-0.2, 0) is 0 Å². The van der Waals surface area contributed by atoms with Crippen molar-refractivity contribution in [2.75, 3.05) is 18.5 Å². The van der Waals surface area contributed by atoms with Crippen LogP contribution >= 0.6 is 0 Å². The van der Waals surface area contributed by atoms with Crippen molar-refractivity contribution in [3.05, 3.63) is 28.3 Å². The highest BCUT2D eigenvalue weighted by molar-refractivity contribution is 5.58. The third-order valence-corrected chi connectivity index (χ3v) is 3.30. The molecule has 0 aliphatic heterocycles. The molecule has 1 saturated carbocycles. The molecule has 2 rings (SSSR count). The summed E-state index contributed by atoms with van der Waals surface area (Å²) in [6.45, 7) is 5.39. The predicted molar refractivity (Wildman–Crippen MR) is 70.0 cm³/mol. The molecule has 2 atom stereocenters. The van der Waals surface area contributed by atoms with Crippen molar-refractivity contribution in [2.24, 2.45) is 11.8 Å². The van der Waals surface area contributed by atoms with Crippen molar-refractivity contribution >= 4 is 11.4 Å². The maximum Gasteiger partial charge on any atom is 0.311 e. The van der Waals surface area contributed by atoms with Gasteiger partial charge in [-0.3, -0.25) is 10.1 Å². The highest BCUT2D eigenvalue weighted by Crippen LogP contribution is 2.38. The number of nitrogens with zero attached hydrogens (tertiary/aromatic N) is 1. The second kappa shape index (κ2) is 5.25. The Labute approximate surface area is 106 Å². The number of nitro groups is 1. The molecule has 0 heterocycles. The number of rotatable bonds is 6. The van der Waals surface area contributed by atoms with Gasteiger partial charge in [-0.05, 0) is 31.2 Å². The standard InChI is InChI=1S/C13H18N2O3/c1-3-18-13-7-11(4-5-12(13)15(16)17)14-8-10-6-9(10)2/h4-5,7,9-10,14H,3,6,8H2,1-2H3. The molecule has 1 aromatic rings. The lowest BCUT2D eigenvalue weighted by atomic mass is 10.2. The quantitative estimate of drug-likeness (QED) is 0.622. The van der Waals surface area contributed by atoms with Crippen LogP contribution in [0, 0.1) is 22.0 Å². The van der Waals surface area contributed by atoms with Crippen LogP contribution in [-0.4, -0.2) is 18.1 Å². The van der Waals surface area contributed by atoms with E-state index in [1.165, 1.54) is 12.5 Å². The summed E-state index contributed by atoms with van der Waals surface area (Å²) in [6.07, 6.45) is 1.26. The number of nitrogens with one attached hydrogen (secondary N) is 1. The third kappa shape index (κ3) is 2.91. The van der Waals surface area contributed by atoms with Gasteiger partial charge in [0.1, 0.15) is 0 Å². The van der Waals surface area contributed by atoms with Crippen molar-refractivity contribution in [3.8, 4) is 5.75 Å². The van der Waals surface area contributed by atoms with Crippen molar-refractivity contribution < 1.29 is 9.66 Å². The lowest BCUT2D eigenvalue weighted by molar-refractivity contribution is -0.385. The van der Waals surface area contributed by atoms with Crippen molar-refractivity contribution in [3.63, 3.8) is 0 Å². The molecule has 0 spiro atoms. The van der Waals surface area contributed by atoms with E-state index in [4.69, 9.17) is 4.74 Å². The summed E-state index contributed by atoms with van der Waals surface area (Å²) in [4.78, 5) is 10.4. The van der Waals surface area contributed by atoms with E-state index < -0.39 is 4.92 Å². The van der Waals surface area contributed by atoms with Gasteiger partial charge in [0.25, 0.3) is 0 Å². The molecule has 0 amide bonds. The molecule has 1 aliphatic rings. The van der Waals surface area contributed by atoms with Gasteiger partial charge < -0.3 is 10.1 Å². The highest BCUT2D eigenvalue weighted by atomic mass is 16.6. The number of benzene rings is 1. The normalized spacial score (nSPS) is 21.4. The van der Waals surface area contributed by atoms with Crippen molar-refractivity contribution in [1.82, 2.24) is 0 Å². The Balaban J connectivity index is 2.06. The first-order valence-corrected chi connectivity index (χ1v) is 6.27. The average molecular weight is 250 g/mol. The molecule has 5 nitrogen and oxygen atoms in total. The molecule has 98 valence electrons. The summed E-state index contributed by atoms with van der Waals surface area (Å²) < 4.78 is 5.30. The highest BCUT2D eigenvalue weighted by Gasteiger charge is 2.31. The molecule has 1 aromatic carbocycles. The minimum atomic E-state index is -0.419. The fraction of sp³-hybridized carbons (Fsp3) is 0.538. The van der Waals surface area contributed by atoms with Crippen molar-refractivity contribution in [2.45, 2.75) is 20.3 Å². The Morgan fingerprint density at radius 3 is 2.83 bits per heavy atom. The van der Waals surface area contributed by atoms with Gasteiger partial charge in [0.2, 0.25) is 0 Å². The van der Waals surface area contributed by atoms with Crippen LogP contribution in [0.2, 0.25) is 0 Å². The first-order chi connectivity index (χ1) is 8.61. The largest absolute Gasteiger partial charge is 0.487 e. The topological polar surface area (TPSA) is 64.4 Å². The molecule has 5 heteroatoms. The van der Waals surface area contributed by atoms with Gasteiger partial charge in [-0.15, -0.1) is 0 Å². The van der Waals surface area contributed by atoms with Crippen LogP contribution in [0.15, 0.2) is 18.2 Å². The lowest BCUT2D eigenvalue weighted by Crippen LogP contribution is -2.05. The molecule has 1 N–H and O–H groups in total. The maximum absolute atomic E-state index is 10.8. The van der Waals surface area contributed by atoms with Gasteiger partial charge in [0, 0.05) is 24.4 Å². The van der Waals surface area contributed by atoms with Gasteiger partial charge in [0.15, 0.2) is 5.75 Å². The molecule has 18 heavy (non-hydrogen) atoms. The maximum atomic E-state index is 10.8. The first kappa shape index (κ1) is 12.7. The van der Waals surface area contributed by atoms with Crippen LogP contribution in [0.1, 0.15) is 20.3 Å². The number of hydrogen-bond acceptors (Lipinski definition) is 4. The van der Waals surface area contributed by atoms with Gasteiger partial charge in [-0.1, -0.05) is 6.92 Å². The molecule has 0 radical (unpaired) electrons. The molecule has 1 aliphatic carbocycles. The van der Waals surface area contributed by atoms with Crippen LogP contribution in [0.3, 0.4) is 0 Å². The SMILES string of the molecule is CCOc1cc(NCC2CC2C)ccc1[N+](=O)[O-]. The van der Waals surface area contributed by atoms with E-state index >= 15 is 0 Å². The van der Waals surface area contributed by atoms with E-state index in [0.717, 1.165) is 24.1 Å². The Morgan fingerprint density at radius 2 is 2.28 bits per heavy atom. The minimum absolute atomic E-state index is 0.0159. The summed E-state index contributed by atoms with van der Waals surface area (Å²) in [5, 5.41) is 14.1. The number of ether oxygens (including phenoxy) is 1. The molecule has 0 bridgehead atoms. The van der Waals surface area contributed by atoms with E-state index in [0.29, 0.717) is 12.4 Å². The third-order valence-electron chi connectivity index (χ3n) is 3.30. The zero-order valence-electron chi connectivity index (χ0n) is 10.7. The van der Waals surface area contributed by atoms with E-state index in [-0.39, 0.29) is 5.69 Å². The van der Waals surface area contributed by atoms with Gasteiger partial charge in [0.05, 0.1) is 11.5 Å². The van der Waals surface area contributed by atoms with E-state index in [2.05, 4.69) is 12.2 Å². The van der Waals surface area contributed by atoms with Crippen LogP contribution < -0.4 is 10.1 Å². The number of anilines is 1. The Hall–Kier alpha value is -1.78. The fourth-order valence-corrected chi connectivity index (χ4v) is 1.98. The number of nitro benzene ring substituents is 1. The number of hydrogen-bond donors (Lipinski definition) is 1. The zero-order valence-corrected chi connectivity index (χ0v) is 10.7. The molecular weight excluding hydrogens is 232 g/mol. The summed E-state index contributed by atoms with van der Waals surface area (Å²) in [5.74, 6) is 1.86. The minimum Gasteiger partial charge on any atom is -0.487 e. The second-order valence-electron chi connectivity index (χ2n) is 4.73. The predicted octanol–water partition coefficient (Wildman–Crippen LogP) is 3.06. The summed E-state index contributed by atoms with van der Waals surface area (Å²) in [7, 11) is 0. The molecule has 0 saturated heterocycles. The molecule has 1 fully saturated rings.